The first kappa shape index (κ1) is 8.69. The maximum Gasteiger partial charge on any atom is 0.138 e. The minimum atomic E-state index is 0.383. The van der Waals surface area contributed by atoms with Gasteiger partial charge in [0.05, 0.1) is 23.4 Å². The maximum atomic E-state index is 8.64. The highest BCUT2D eigenvalue weighted by atomic mass is 35.5. The number of hydrogen-bond acceptors (Lipinski definition) is 3. The van der Waals surface area contributed by atoms with Crippen molar-refractivity contribution in [1.29, 1.82) is 5.26 Å². The molecule has 0 unspecified atom stereocenters. The number of methoxy groups -OCH3 is 1. The average molecular weight is 183 g/mol. The van der Waals surface area contributed by atoms with Gasteiger partial charge < -0.3 is 10.5 Å². The van der Waals surface area contributed by atoms with Gasteiger partial charge in [-0.2, -0.15) is 5.26 Å². The molecule has 0 heterocycles. The van der Waals surface area contributed by atoms with Gasteiger partial charge in [-0.1, -0.05) is 11.6 Å². The van der Waals surface area contributed by atoms with Gasteiger partial charge in [0.25, 0.3) is 0 Å². The summed E-state index contributed by atoms with van der Waals surface area (Å²) in [5.41, 5.74) is 6.25. The largest absolute Gasteiger partial charge is 0.495 e. The van der Waals surface area contributed by atoms with Crippen molar-refractivity contribution in [1.82, 2.24) is 0 Å². The van der Waals surface area contributed by atoms with Crippen LogP contribution in [0.25, 0.3) is 0 Å². The van der Waals surface area contributed by atoms with Crippen LogP contribution in [0.1, 0.15) is 5.56 Å². The Morgan fingerprint density at radius 2 is 2.25 bits per heavy atom. The lowest BCUT2D eigenvalue weighted by Gasteiger charge is -2.04. The van der Waals surface area contributed by atoms with Crippen LogP contribution in [-0.4, -0.2) is 7.11 Å². The quantitative estimate of drug-likeness (QED) is 0.674. The molecule has 0 aliphatic rings. The van der Waals surface area contributed by atoms with Gasteiger partial charge in [-0.15, -0.1) is 0 Å². The molecule has 0 fully saturated rings. The highest BCUT2D eigenvalue weighted by molar-refractivity contribution is 6.33. The number of ether oxygens (including phenoxy) is 1. The van der Waals surface area contributed by atoms with Crippen LogP contribution in [-0.2, 0) is 0 Å². The van der Waals surface area contributed by atoms with Crippen molar-refractivity contribution in [3.8, 4) is 11.8 Å². The molecule has 0 radical (unpaired) electrons. The van der Waals surface area contributed by atoms with E-state index in [2.05, 4.69) is 0 Å². The molecule has 0 amide bonds. The number of benzene rings is 1. The topological polar surface area (TPSA) is 59.0 Å². The van der Waals surface area contributed by atoms with Gasteiger partial charge in [0.15, 0.2) is 0 Å². The highest BCUT2D eigenvalue weighted by Crippen LogP contribution is 2.27. The Labute approximate surface area is 75.3 Å². The van der Waals surface area contributed by atoms with Crippen LogP contribution in [0.2, 0.25) is 5.02 Å². The van der Waals surface area contributed by atoms with Gasteiger partial charge in [-0.05, 0) is 6.07 Å². The van der Waals surface area contributed by atoms with Gasteiger partial charge in [0.1, 0.15) is 11.8 Å². The van der Waals surface area contributed by atoms with Gasteiger partial charge in [-0.25, -0.2) is 0 Å². The van der Waals surface area contributed by atoms with Gasteiger partial charge in [0, 0.05) is 6.07 Å². The summed E-state index contributed by atoms with van der Waals surface area (Å²) in [4.78, 5) is 0. The highest BCUT2D eigenvalue weighted by Gasteiger charge is 2.05. The Morgan fingerprint density at radius 1 is 1.58 bits per heavy atom. The van der Waals surface area contributed by atoms with Crippen molar-refractivity contribution in [3.63, 3.8) is 0 Å². The predicted molar refractivity (Wildman–Crippen MR) is 47.1 cm³/mol. The van der Waals surface area contributed by atoms with Crippen molar-refractivity contribution in [3.05, 3.63) is 22.7 Å². The molecule has 0 spiro atoms. The molecular formula is C8H7ClN2O. The molecule has 0 bridgehead atoms. The van der Waals surface area contributed by atoms with E-state index in [4.69, 9.17) is 27.3 Å². The number of anilines is 1. The Morgan fingerprint density at radius 3 is 2.75 bits per heavy atom. The number of rotatable bonds is 1. The first-order valence-electron chi connectivity index (χ1n) is 3.22. The van der Waals surface area contributed by atoms with Crippen LogP contribution in [0, 0.1) is 11.3 Å². The summed E-state index contributed by atoms with van der Waals surface area (Å²) in [5.74, 6) is 0.441. The van der Waals surface area contributed by atoms with Gasteiger partial charge in [0.2, 0.25) is 0 Å². The van der Waals surface area contributed by atoms with Crippen LogP contribution in [0.3, 0.4) is 0 Å². The number of halogens is 1. The SMILES string of the molecule is COc1cc(Cl)c(N)cc1C#N. The summed E-state index contributed by atoms with van der Waals surface area (Å²) >= 11 is 5.71. The van der Waals surface area contributed by atoms with E-state index in [0.29, 0.717) is 22.0 Å². The zero-order chi connectivity index (χ0) is 9.14. The van der Waals surface area contributed by atoms with Crippen molar-refractivity contribution in [2.45, 2.75) is 0 Å². The standard InChI is InChI=1S/C8H7ClN2O/c1-12-8-3-6(9)7(11)2-5(8)4-10/h2-3H,11H2,1H3. The molecule has 0 aliphatic heterocycles. The summed E-state index contributed by atoms with van der Waals surface area (Å²) in [6.07, 6.45) is 0. The molecule has 0 aliphatic carbocycles. The summed E-state index contributed by atoms with van der Waals surface area (Å²) < 4.78 is 4.91. The molecule has 1 aromatic rings. The summed E-state index contributed by atoms with van der Waals surface area (Å²) in [7, 11) is 1.47. The maximum absolute atomic E-state index is 8.64. The zero-order valence-corrected chi connectivity index (χ0v) is 7.22. The van der Waals surface area contributed by atoms with Crippen LogP contribution in [0.15, 0.2) is 12.1 Å². The minimum absolute atomic E-state index is 0.383. The van der Waals surface area contributed by atoms with Gasteiger partial charge >= 0.3 is 0 Å². The molecule has 3 nitrogen and oxygen atoms in total. The van der Waals surface area contributed by atoms with Crippen LogP contribution in [0.5, 0.6) is 5.75 Å². The molecule has 1 aromatic carbocycles. The lowest BCUT2D eigenvalue weighted by Crippen LogP contribution is -1.92. The van der Waals surface area contributed by atoms with Crippen LogP contribution in [0.4, 0.5) is 5.69 Å². The molecule has 0 saturated carbocycles. The van der Waals surface area contributed by atoms with Crippen molar-refractivity contribution >= 4 is 17.3 Å². The smallest absolute Gasteiger partial charge is 0.138 e. The van der Waals surface area contributed by atoms with Crippen LogP contribution < -0.4 is 10.5 Å². The fraction of sp³-hybridized carbons (Fsp3) is 0.125. The first-order chi connectivity index (χ1) is 5.69. The third-order valence-electron chi connectivity index (χ3n) is 1.44. The Hall–Kier alpha value is -1.40. The van der Waals surface area contributed by atoms with E-state index in [0.717, 1.165) is 0 Å². The third kappa shape index (κ3) is 1.44. The summed E-state index contributed by atoms with van der Waals surface area (Å²) in [6, 6.07) is 4.96. The monoisotopic (exact) mass is 182 g/mol. The number of nitrogens with zero attached hydrogens (tertiary/aromatic N) is 1. The fourth-order valence-electron chi connectivity index (χ4n) is 0.828. The zero-order valence-electron chi connectivity index (χ0n) is 6.47. The second-order valence-electron chi connectivity index (χ2n) is 2.19. The Bertz CT molecular complexity index is 344. The molecule has 2 N–H and O–H groups in total. The lowest BCUT2D eigenvalue weighted by molar-refractivity contribution is 0.413. The van der Waals surface area contributed by atoms with E-state index in [9.17, 15) is 0 Å². The molecular weight excluding hydrogens is 176 g/mol. The van der Waals surface area contributed by atoms with E-state index < -0.39 is 0 Å². The van der Waals surface area contributed by atoms with E-state index in [1.54, 1.807) is 0 Å². The molecule has 62 valence electrons. The van der Waals surface area contributed by atoms with E-state index in [1.807, 2.05) is 6.07 Å². The lowest BCUT2D eigenvalue weighted by atomic mass is 10.2. The number of hydrogen-bond donors (Lipinski definition) is 1. The number of nitrogen functional groups attached to an aromatic ring is 1. The summed E-state index contributed by atoms with van der Waals surface area (Å²) in [6.45, 7) is 0. The number of nitrogens with two attached hydrogens (primary N) is 1. The summed E-state index contributed by atoms with van der Waals surface area (Å²) in [5, 5.41) is 9.03. The van der Waals surface area contributed by atoms with Crippen molar-refractivity contribution in [2.75, 3.05) is 12.8 Å². The normalized spacial score (nSPS) is 9.08. The van der Waals surface area contributed by atoms with E-state index in [-0.39, 0.29) is 0 Å². The average Bonchev–Trinajstić information content (AvgIpc) is 2.09. The Kier molecular flexibility index (Phi) is 2.41. The first-order valence-corrected chi connectivity index (χ1v) is 3.60. The third-order valence-corrected chi connectivity index (χ3v) is 1.77. The van der Waals surface area contributed by atoms with Crippen molar-refractivity contribution < 1.29 is 4.74 Å². The molecule has 0 saturated heterocycles. The van der Waals surface area contributed by atoms with E-state index >= 15 is 0 Å². The van der Waals surface area contributed by atoms with E-state index in [1.165, 1.54) is 19.2 Å². The molecule has 0 atom stereocenters. The Balaban J connectivity index is 3.31. The van der Waals surface area contributed by atoms with Crippen LogP contribution >= 0.6 is 11.6 Å². The second kappa shape index (κ2) is 3.33. The molecule has 4 heteroatoms. The van der Waals surface area contributed by atoms with Crippen molar-refractivity contribution in [2.24, 2.45) is 0 Å². The minimum Gasteiger partial charge on any atom is -0.495 e. The molecule has 0 aromatic heterocycles. The molecule has 12 heavy (non-hydrogen) atoms. The number of nitriles is 1. The second-order valence-corrected chi connectivity index (χ2v) is 2.59. The molecule has 1 rings (SSSR count). The predicted octanol–water partition coefficient (Wildman–Crippen LogP) is 1.80. The van der Waals surface area contributed by atoms with Gasteiger partial charge in [-0.3, -0.25) is 0 Å². The fourth-order valence-corrected chi connectivity index (χ4v) is 0.982.